The van der Waals surface area contributed by atoms with Crippen LogP contribution in [-0.4, -0.2) is 30.5 Å². The fraction of sp³-hybridized carbons (Fsp3) is 0.571. The van der Waals surface area contributed by atoms with Crippen LogP contribution in [0.2, 0.25) is 0 Å². The highest BCUT2D eigenvalue weighted by molar-refractivity contribution is 6.63. The Morgan fingerprint density at radius 2 is 1.75 bits per heavy atom. The van der Waals surface area contributed by atoms with Crippen molar-refractivity contribution in [1.82, 2.24) is 0 Å². The van der Waals surface area contributed by atoms with Gasteiger partial charge >= 0.3 is 7.12 Å². The maximum Gasteiger partial charge on any atom is 0.501 e. The van der Waals surface area contributed by atoms with Crippen molar-refractivity contribution in [2.45, 2.75) is 45.5 Å². The van der Waals surface area contributed by atoms with Gasteiger partial charge in [-0.05, 0) is 33.8 Å². The lowest BCUT2D eigenvalue weighted by Crippen LogP contribution is -2.41. The third kappa shape index (κ3) is 2.32. The van der Waals surface area contributed by atoms with Crippen LogP contribution in [0, 0.1) is 5.82 Å². The summed E-state index contributed by atoms with van der Waals surface area (Å²) in [7, 11) is 0.601. The molecule has 1 aromatic rings. The Morgan fingerprint density at radius 3 is 2.20 bits per heavy atom. The van der Waals surface area contributed by atoms with E-state index in [4.69, 9.17) is 14.0 Å². The van der Waals surface area contributed by atoms with Crippen molar-refractivity contribution >= 4 is 12.6 Å². The van der Waals surface area contributed by atoms with E-state index < -0.39 is 24.1 Å². The molecule has 110 valence electrons. The van der Waals surface area contributed by atoms with Gasteiger partial charge in [0.15, 0.2) is 0 Å². The molecule has 0 aliphatic carbocycles. The molecule has 0 atom stereocenters. The summed E-state index contributed by atoms with van der Waals surface area (Å²) < 4.78 is 31.4. The third-order valence-corrected chi connectivity index (χ3v) is 4.10. The van der Waals surface area contributed by atoms with Gasteiger partial charge in [0.2, 0.25) is 0 Å². The molecule has 0 bridgehead atoms. The first-order valence-electron chi connectivity index (χ1n) is 6.55. The van der Waals surface area contributed by atoms with Crippen LogP contribution < -0.4 is 10.2 Å². The summed E-state index contributed by atoms with van der Waals surface area (Å²) in [5.41, 5.74) is -0.748. The second-order valence-electron chi connectivity index (χ2n) is 5.90. The number of hydrogen-bond donors (Lipinski definition) is 1. The van der Waals surface area contributed by atoms with Crippen molar-refractivity contribution in [2.24, 2.45) is 0 Å². The van der Waals surface area contributed by atoms with Crippen LogP contribution in [0.15, 0.2) is 12.1 Å². The van der Waals surface area contributed by atoms with E-state index in [1.54, 1.807) is 6.07 Å². The van der Waals surface area contributed by atoms with E-state index in [0.29, 0.717) is 5.75 Å². The maximum atomic E-state index is 14.5. The standard InChI is InChI=1S/C14H20BFO4/c1-13(2)14(3,4)20-15(19-13)11-10(18-5)7-6-9(8-17)12(11)16/h6-7,17H,8H2,1-5H3. The Hall–Kier alpha value is -1.11. The molecule has 1 heterocycles. The van der Waals surface area contributed by atoms with Gasteiger partial charge in [-0.3, -0.25) is 0 Å². The number of methoxy groups -OCH3 is 1. The van der Waals surface area contributed by atoms with Crippen LogP contribution >= 0.6 is 0 Å². The van der Waals surface area contributed by atoms with Gasteiger partial charge in [-0.15, -0.1) is 0 Å². The summed E-state index contributed by atoms with van der Waals surface area (Å²) in [6.45, 7) is 7.20. The molecule has 6 heteroatoms. The van der Waals surface area contributed by atoms with E-state index in [0.717, 1.165) is 0 Å². The summed E-state index contributed by atoms with van der Waals surface area (Å²) in [5.74, 6) is -0.205. The Balaban J connectivity index is 2.48. The molecule has 0 amide bonds. The minimum Gasteiger partial charge on any atom is -0.497 e. The SMILES string of the molecule is COc1ccc(CO)c(F)c1B1OC(C)(C)C(C)(C)O1. The molecule has 0 saturated carbocycles. The summed E-state index contributed by atoms with van der Waals surface area (Å²) in [6.07, 6.45) is 0. The number of ether oxygens (including phenoxy) is 1. The summed E-state index contributed by atoms with van der Waals surface area (Å²) in [6, 6.07) is 3.10. The van der Waals surface area contributed by atoms with Crippen molar-refractivity contribution < 1.29 is 23.5 Å². The van der Waals surface area contributed by atoms with Crippen LogP contribution in [0.1, 0.15) is 33.3 Å². The molecular formula is C14H20BFO4. The van der Waals surface area contributed by atoms with Crippen molar-refractivity contribution in [3.05, 3.63) is 23.5 Å². The number of halogens is 1. The summed E-state index contributed by atoms with van der Waals surface area (Å²) in [4.78, 5) is 0. The Morgan fingerprint density at radius 1 is 1.20 bits per heavy atom. The monoisotopic (exact) mass is 282 g/mol. The van der Waals surface area contributed by atoms with Crippen molar-refractivity contribution in [3.8, 4) is 5.75 Å². The molecule has 1 fully saturated rings. The Kier molecular flexibility index (Phi) is 3.84. The minimum atomic E-state index is -0.860. The number of hydrogen-bond acceptors (Lipinski definition) is 4. The zero-order chi connectivity index (χ0) is 15.1. The highest BCUT2D eigenvalue weighted by Crippen LogP contribution is 2.37. The smallest absolute Gasteiger partial charge is 0.497 e. The zero-order valence-electron chi connectivity index (χ0n) is 12.5. The van der Waals surface area contributed by atoms with E-state index in [1.807, 2.05) is 27.7 Å². The quantitative estimate of drug-likeness (QED) is 0.856. The van der Waals surface area contributed by atoms with Crippen LogP contribution in [0.4, 0.5) is 4.39 Å². The second kappa shape index (κ2) is 5.02. The molecule has 1 saturated heterocycles. The zero-order valence-corrected chi connectivity index (χ0v) is 12.5. The first-order chi connectivity index (χ1) is 9.23. The lowest BCUT2D eigenvalue weighted by molar-refractivity contribution is 0.00578. The minimum absolute atomic E-state index is 0.190. The molecule has 1 aromatic carbocycles. The van der Waals surface area contributed by atoms with Gasteiger partial charge in [0.1, 0.15) is 11.6 Å². The molecule has 1 aliphatic rings. The number of aliphatic hydroxyl groups excluding tert-OH is 1. The van der Waals surface area contributed by atoms with E-state index in [1.165, 1.54) is 13.2 Å². The third-order valence-electron chi connectivity index (χ3n) is 4.10. The largest absolute Gasteiger partial charge is 0.501 e. The Labute approximate surface area is 119 Å². The van der Waals surface area contributed by atoms with Crippen LogP contribution in [0.25, 0.3) is 0 Å². The van der Waals surface area contributed by atoms with Crippen molar-refractivity contribution in [3.63, 3.8) is 0 Å². The van der Waals surface area contributed by atoms with Gasteiger partial charge in [0, 0.05) is 5.56 Å². The van der Waals surface area contributed by atoms with E-state index in [9.17, 15) is 9.50 Å². The van der Waals surface area contributed by atoms with Gasteiger partial charge in [-0.25, -0.2) is 4.39 Å². The first kappa shape index (κ1) is 15.3. The van der Waals surface area contributed by atoms with Gasteiger partial charge in [-0.2, -0.15) is 0 Å². The number of aliphatic hydroxyl groups is 1. The topological polar surface area (TPSA) is 47.9 Å². The number of benzene rings is 1. The van der Waals surface area contributed by atoms with E-state index in [-0.39, 0.29) is 17.6 Å². The van der Waals surface area contributed by atoms with Crippen LogP contribution in [-0.2, 0) is 15.9 Å². The molecule has 1 aliphatic heterocycles. The molecule has 20 heavy (non-hydrogen) atoms. The van der Waals surface area contributed by atoms with E-state index >= 15 is 0 Å². The van der Waals surface area contributed by atoms with Gasteiger partial charge < -0.3 is 19.2 Å². The van der Waals surface area contributed by atoms with Gasteiger partial charge in [-0.1, -0.05) is 6.07 Å². The average molecular weight is 282 g/mol. The predicted molar refractivity (Wildman–Crippen MR) is 74.6 cm³/mol. The maximum absolute atomic E-state index is 14.5. The molecule has 0 unspecified atom stereocenters. The summed E-state index contributed by atoms with van der Waals surface area (Å²) >= 11 is 0. The molecule has 2 rings (SSSR count). The van der Waals surface area contributed by atoms with Gasteiger partial charge in [0.05, 0.1) is 30.4 Å². The molecule has 4 nitrogen and oxygen atoms in total. The predicted octanol–water partition coefficient (Wildman–Crippen LogP) is 1.63. The lowest BCUT2D eigenvalue weighted by Gasteiger charge is -2.32. The highest BCUT2D eigenvalue weighted by atomic mass is 19.1. The normalized spacial score (nSPS) is 20.2. The summed E-state index contributed by atoms with van der Waals surface area (Å²) in [5, 5.41) is 9.19. The van der Waals surface area contributed by atoms with Crippen LogP contribution in [0.3, 0.4) is 0 Å². The molecule has 0 spiro atoms. The second-order valence-corrected chi connectivity index (χ2v) is 5.90. The fourth-order valence-electron chi connectivity index (χ4n) is 2.10. The molecule has 0 radical (unpaired) electrons. The molecule has 0 aromatic heterocycles. The Bertz CT molecular complexity index is 500. The first-order valence-corrected chi connectivity index (χ1v) is 6.55. The average Bonchev–Trinajstić information content (AvgIpc) is 2.57. The molecular weight excluding hydrogens is 262 g/mol. The van der Waals surface area contributed by atoms with E-state index in [2.05, 4.69) is 0 Å². The van der Waals surface area contributed by atoms with Crippen molar-refractivity contribution in [2.75, 3.05) is 7.11 Å². The van der Waals surface area contributed by atoms with Crippen LogP contribution in [0.5, 0.6) is 5.75 Å². The molecule has 1 N–H and O–H groups in total. The van der Waals surface area contributed by atoms with Crippen molar-refractivity contribution in [1.29, 1.82) is 0 Å². The lowest BCUT2D eigenvalue weighted by atomic mass is 9.77. The number of rotatable bonds is 3. The van der Waals surface area contributed by atoms with Gasteiger partial charge in [0.25, 0.3) is 0 Å². The highest BCUT2D eigenvalue weighted by Gasteiger charge is 2.53. The fourth-order valence-corrected chi connectivity index (χ4v) is 2.10.